The van der Waals surface area contributed by atoms with E-state index in [1.807, 2.05) is 0 Å². The molecule has 16 heavy (non-hydrogen) atoms. The maximum atomic E-state index is 6.23. The molecule has 0 aromatic rings. The quantitative estimate of drug-likeness (QED) is 0.780. The first-order valence-electron chi connectivity index (χ1n) is 7.00. The van der Waals surface area contributed by atoms with Crippen LogP contribution in [0.15, 0.2) is 0 Å². The van der Waals surface area contributed by atoms with Crippen molar-refractivity contribution in [2.24, 2.45) is 11.8 Å². The molecular weight excluding hydrogens is 198 g/mol. The average Bonchev–Trinajstić information content (AvgIpc) is 2.21. The molecule has 1 aliphatic heterocycles. The van der Waals surface area contributed by atoms with E-state index in [-0.39, 0.29) is 5.60 Å². The van der Waals surface area contributed by atoms with Crippen LogP contribution in [0, 0.1) is 11.8 Å². The summed E-state index contributed by atoms with van der Waals surface area (Å²) in [7, 11) is 0. The minimum absolute atomic E-state index is 0.167. The summed E-state index contributed by atoms with van der Waals surface area (Å²) in [4.78, 5) is 0. The third kappa shape index (κ3) is 2.60. The van der Waals surface area contributed by atoms with Gasteiger partial charge in [-0.15, -0.1) is 0 Å². The van der Waals surface area contributed by atoms with Gasteiger partial charge in [-0.25, -0.2) is 0 Å². The van der Waals surface area contributed by atoms with Crippen molar-refractivity contribution in [3.8, 4) is 0 Å². The predicted octanol–water partition coefficient (Wildman–Crippen LogP) is 2.97. The van der Waals surface area contributed by atoms with Gasteiger partial charge in [0.05, 0.1) is 12.2 Å². The zero-order valence-electron chi connectivity index (χ0n) is 11.1. The van der Waals surface area contributed by atoms with Crippen LogP contribution in [0.5, 0.6) is 0 Å². The molecule has 2 nitrogen and oxygen atoms in total. The minimum Gasteiger partial charge on any atom is -0.372 e. The molecule has 2 fully saturated rings. The van der Waals surface area contributed by atoms with E-state index in [9.17, 15) is 0 Å². The average molecular weight is 225 g/mol. The van der Waals surface area contributed by atoms with E-state index >= 15 is 0 Å². The summed E-state index contributed by atoms with van der Waals surface area (Å²) in [6, 6.07) is 0.587. The second-order valence-corrected chi connectivity index (χ2v) is 6.25. The predicted molar refractivity (Wildman–Crippen MR) is 67.6 cm³/mol. The third-order valence-electron chi connectivity index (χ3n) is 4.22. The topological polar surface area (TPSA) is 21.3 Å². The normalized spacial score (nSPS) is 40.5. The van der Waals surface area contributed by atoms with E-state index in [1.165, 1.54) is 32.1 Å². The molecule has 3 atom stereocenters. The molecule has 1 heterocycles. The Morgan fingerprint density at radius 2 is 2.25 bits per heavy atom. The van der Waals surface area contributed by atoms with Crippen LogP contribution >= 0.6 is 0 Å². The van der Waals surface area contributed by atoms with Crippen LogP contribution in [0.3, 0.4) is 0 Å². The van der Waals surface area contributed by atoms with E-state index in [0.29, 0.717) is 6.04 Å². The first-order valence-corrected chi connectivity index (χ1v) is 7.00. The highest BCUT2D eigenvalue weighted by molar-refractivity contribution is 4.99. The lowest BCUT2D eigenvalue weighted by molar-refractivity contribution is -0.130. The molecule has 2 rings (SSSR count). The molecular formula is C14H27NO. The van der Waals surface area contributed by atoms with E-state index < -0.39 is 0 Å². The van der Waals surface area contributed by atoms with Crippen molar-refractivity contribution in [1.29, 1.82) is 0 Å². The Labute approximate surface area is 100 Å². The molecule has 0 aromatic heterocycles. The highest BCUT2D eigenvalue weighted by Crippen LogP contribution is 2.40. The van der Waals surface area contributed by atoms with Crippen LogP contribution in [0.2, 0.25) is 0 Å². The standard InChI is InChI=1S/C14H27NO/c1-11(2)9-13-14(16-8-7-15-13)6-4-5-12(3)10-14/h11-13,15H,4-10H2,1-3H3. The summed E-state index contributed by atoms with van der Waals surface area (Å²) in [6.45, 7) is 8.95. The SMILES string of the molecule is CC(C)CC1NCCOC12CCCC(C)C2. The van der Waals surface area contributed by atoms with E-state index in [2.05, 4.69) is 26.1 Å². The van der Waals surface area contributed by atoms with Gasteiger partial charge in [0, 0.05) is 12.6 Å². The molecule has 3 unspecified atom stereocenters. The van der Waals surface area contributed by atoms with Crippen molar-refractivity contribution in [2.75, 3.05) is 13.2 Å². The summed E-state index contributed by atoms with van der Waals surface area (Å²) >= 11 is 0. The summed E-state index contributed by atoms with van der Waals surface area (Å²) in [5, 5.41) is 3.71. The van der Waals surface area contributed by atoms with Crippen LogP contribution < -0.4 is 5.32 Å². The van der Waals surface area contributed by atoms with Crippen molar-refractivity contribution in [3.05, 3.63) is 0 Å². The molecule has 1 saturated heterocycles. The highest BCUT2D eigenvalue weighted by atomic mass is 16.5. The number of hydrogen-bond donors (Lipinski definition) is 1. The highest BCUT2D eigenvalue weighted by Gasteiger charge is 2.44. The maximum Gasteiger partial charge on any atom is 0.0838 e. The maximum absolute atomic E-state index is 6.23. The van der Waals surface area contributed by atoms with Crippen LogP contribution in [0.4, 0.5) is 0 Å². The van der Waals surface area contributed by atoms with Crippen molar-refractivity contribution >= 4 is 0 Å². The first-order chi connectivity index (χ1) is 7.62. The van der Waals surface area contributed by atoms with Gasteiger partial charge < -0.3 is 10.1 Å². The van der Waals surface area contributed by atoms with Gasteiger partial charge in [-0.05, 0) is 31.1 Å². The molecule has 1 N–H and O–H groups in total. The molecule has 0 aromatic carbocycles. The van der Waals surface area contributed by atoms with E-state index in [4.69, 9.17) is 4.74 Å². The molecule has 0 amide bonds. The van der Waals surface area contributed by atoms with Gasteiger partial charge in [0.2, 0.25) is 0 Å². The Bertz CT molecular complexity index is 225. The number of hydrogen-bond acceptors (Lipinski definition) is 2. The van der Waals surface area contributed by atoms with Gasteiger partial charge in [-0.1, -0.05) is 33.6 Å². The van der Waals surface area contributed by atoms with Gasteiger partial charge >= 0.3 is 0 Å². The largest absolute Gasteiger partial charge is 0.372 e. The summed E-state index contributed by atoms with van der Waals surface area (Å²) < 4.78 is 6.23. The van der Waals surface area contributed by atoms with Crippen LogP contribution in [0.25, 0.3) is 0 Å². The minimum atomic E-state index is 0.167. The van der Waals surface area contributed by atoms with Crippen LogP contribution in [0.1, 0.15) is 52.9 Å². The second-order valence-electron chi connectivity index (χ2n) is 6.25. The number of ether oxygens (including phenoxy) is 1. The molecule has 2 heteroatoms. The van der Waals surface area contributed by atoms with Gasteiger partial charge in [0.1, 0.15) is 0 Å². The van der Waals surface area contributed by atoms with E-state index in [0.717, 1.165) is 25.0 Å². The third-order valence-corrected chi connectivity index (χ3v) is 4.22. The Morgan fingerprint density at radius 1 is 1.44 bits per heavy atom. The fourth-order valence-electron chi connectivity index (χ4n) is 3.53. The summed E-state index contributed by atoms with van der Waals surface area (Å²) in [6.07, 6.45) is 6.52. The zero-order chi connectivity index (χ0) is 11.6. The Morgan fingerprint density at radius 3 is 2.94 bits per heavy atom. The van der Waals surface area contributed by atoms with E-state index in [1.54, 1.807) is 0 Å². The van der Waals surface area contributed by atoms with Gasteiger partial charge in [-0.3, -0.25) is 0 Å². The molecule has 94 valence electrons. The Balaban J connectivity index is 2.07. The summed E-state index contributed by atoms with van der Waals surface area (Å²) in [5.74, 6) is 1.59. The lowest BCUT2D eigenvalue weighted by Crippen LogP contribution is -2.60. The number of nitrogens with one attached hydrogen (secondary N) is 1. The molecule has 1 aliphatic carbocycles. The Kier molecular flexibility index (Phi) is 3.91. The second kappa shape index (κ2) is 5.05. The van der Waals surface area contributed by atoms with Gasteiger partial charge in [-0.2, -0.15) is 0 Å². The molecule has 0 radical (unpaired) electrons. The van der Waals surface area contributed by atoms with Gasteiger partial charge in [0.25, 0.3) is 0 Å². The van der Waals surface area contributed by atoms with Crippen molar-refractivity contribution in [1.82, 2.24) is 5.32 Å². The van der Waals surface area contributed by atoms with Crippen molar-refractivity contribution in [2.45, 2.75) is 64.5 Å². The monoisotopic (exact) mass is 225 g/mol. The summed E-state index contributed by atoms with van der Waals surface area (Å²) in [5.41, 5.74) is 0.167. The lowest BCUT2D eigenvalue weighted by atomic mass is 9.72. The fourth-order valence-corrected chi connectivity index (χ4v) is 3.53. The number of rotatable bonds is 2. The first kappa shape index (κ1) is 12.4. The fraction of sp³-hybridized carbons (Fsp3) is 1.00. The molecule has 0 bridgehead atoms. The molecule has 2 aliphatic rings. The molecule has 1 saturated carbocycles. The smallest absolute Gasteiger partial charge is 0.0838 e. The van der Waals surface area contributed by atoms with Crippen LogP contribution in [-0.2, 0) is 4.74 Å². The lowest BCUT2D eigenvalue weighted by Gasteiger charge is -2.49. The van der Waals surface area contributed by atoms with Crippen molar-refractivity contribution < 1.29 is 4.74 Å². The van der Waals surface area contributed by atoms with Crippen molar-refractivity contribution in [3.63, 3.8) is 0 Å². The number of morpholine rings is 1. The van der Waals surface area contributed by atoms with Crippen LogP contribution in [-0.4, -0.2) is 24.8 Å². The Hall–Kier alpha value is -0.0800. The van der Waals surface area contributed by atoms with Gasteiger partial charge in [0.15, 0.2) is 0 Å². The zero-order valence-corrected chi connectivity index (χ0v) is 11.1. The molecule has 1 spiro atoms.